The number of alkyl halides is 1. The molecule has 0 bridgehead atoms. The van der Waals surface area contributed by atoms with E-state index in [-0.39, 0.29) is 23.7 Å². The van der Waals surface area contributed by atoms with Crippen LogP contribution in [0.5, 0.6) is 11.5 Å². The molecule has 0 aromatic heterocycles. The van der Waals surface area contributed by atoms with Crippen LogP contribution in [0, 0.1) is 48.8 Å². The molecule has 0 radical (unpaired) electrons. The maximum absolute atomic E-state index is 13.9. The van der Waals surface area contributed by atoms with E-state index in [9.17, 15) is 35.9 Å². The molecule has 0 unspecified atom stereocenters. The summed E-state index contributed by atoms with van der Waals surface area (Å²) in [6.45, 7) is 3.10. The van der Waals surface area contributed by atoms with Gasteiger partial charge in [0, 0.05) is 10.9 Å². The van der Waals surface area contributed by atoms with E-state index in [1.165, 1.54) is 6.07 Å². The van der Waals surface area contributed by atoms with Crippen LogP contribution in [0.4, 0.5) is 26.3 Å². The largest absolute Gasteiger partial charge is 0.505 e. The molecule has 0 saturated carbocycles. The first-order valence-corrected chi connectivity index (χ1v) is 13.2. The van der Waals surface area contributed by atoms with E-state index in [1.807, 2.05) is 6.07 Å². The van der Waals surface area contributed by atoms with Gasteiger partial charge in [0.15, 0.2) is 23.1 Å². The maximum Gasteiger partial charge on any atom is 0.254 e. The Morgan fingerprint density at radius 3 is 1.63 bits per heavy atom. The van der Waals surface area contributed by atoms with E-state index in [1.54, 1.807) is 38.1 Å². The first-order valence-electron chi connectivity index (χ1n) is 12.1. The second kappa shape index (κ2) is 15.6. The molecule has 4 rings (SSSR count). The summed E-state index contributed by atoms with van der Waals surface area (Å²) in [5.74, 6) is -8.91. The van der Waals surface area contributed by atoms with E-state index in [2.05, 4.69) is 21.7 Å². The fraction of sp³-hybridized carbons (Fsp3) is 0.133. The summed E-state index contributed by atoms with van der Waals surface area (Å²) in [5, 5.41) is 9.31. The predicted molar refractivity (Wildman–Crippen MR) is 151 cm³/mol. The fourth-order valence-electron chi connectivity index (χ4n) is 3.42. The van der Waals surface area contributed by atoms with Gasteiger partial charge in [0.25, 0.3) is 11.8 Å². The molecule has 0 spiro atoms. The molecule has 0 saturated heterocycles. The number of halogens is 7. The number of ether oxygens (including phenoxy) is 1. The Bertz CT molecular complexity index is 1640. The molecule has 0 atom stereocenters. The van der Waals surface area contributed by atoms with Crippen LogP contribution in [0.2, 0.25) is 0 Å². The molecule has 13 heteroatoms. The van der Waals surface area contributed by atoms with Gasteiger partial charge in [-0.1, -0.05) is 52.3 Å². The normalized spacial score (nSPS) is 10.2. The highest BCUT2D eigenvalue weighted by Crippen LogP contribution is 2.25. The van der Waals surface area contributed by atoms with Gasteiger partial charge in [-0.3, -0.25) is 9.59 Å². The average molecular weight is 671 g/mol. The molecule has 43 heavy (non-hydrogen) atoms. The lowest BCUT2D eigenvalue weighted by Crippen LogP contribution is -2.16. The number of amides is 2. The Morgan fingerprint density at radius 1 is 0.698 bits per heavy atom. The van der Waals surface area contributed by atoms with Crippen LogP contribution >= 0.6 is 15.9 Å². The van der Waals surface area contributed by atoms with Crippen LogP contribution in [0.25, 0.3) is 0 Å². The number of hydrogen-bond acceptors (Lipinski definition) is 4. The maximum atomic E-state index is 13.9. The Morgan fingerprint density at radius 2 is 1.16 bits per heavy atom. The summed E-state index contributed by atoms with van der Waals surface area (Å²) < 4.78 is 84.4. The zero-order valence-corrected chi connectivity index (χ0v) is 24.2. The first-order chi connectivity index (χ1) is 20.2. The monoisotopic (exact) mass is 670 g/mol. The zero-order chi connectivity index (χ0) is 32.4. The molecule has 6 nitrogen and oxygen atoms in total. The van der Waals surface area contributed by atoms with Gasteiger partial charge in [-0.15, -0.1) is 0 Å². The van der Waals surface area contributed by atoms with E-state index < -0.39 is 57.8 Å². The lowest BCUT2D eigenvalue weighted by Gasteiger charge is -2.11. The van der Waals surface area contributed by atoms with Crippen molar-refractivity contribution in [1.82, 2.24) is 0 Å². The van der Waals surface area contributed by atoms with Crippen LogP contribution in [0.15, 0.2) is 60.7 Å². The summed E-state index contributed by atoms with van der Waals surface area (Å²) in [7, 11) is 0. The van der Waals surface area contributed by atoms with E-state index >= 15 is 0 Å². The smallest absolute Gasteiger partial charge is 0.254 e. The minimum absolute atomic E-state index is 0.0978. The van der Waals surface area contributed by atoms with Crippen molar-refractivity contribution in [2.75, 3.05) is 0 Å². The Hall–Kier alpha value is -4.52. The van der Waals surface area contributed by atoms with Crippen LogP contribution < -0.4 is 16.2 Å². The van der Waals surface area contributed by atoms with E-state index in [4.69, 9.17) is 15.6 Å². The van der Waals surface area contributed by atoms with Crippen LogP contribution in [0.3, 0.4) is 0 Å². The summed E-state index contributed by atoms with van der Waals surface area (Å²) in [5.41, 5.74) is 9.83. The van der Waals surface area contributed by atoms with E-state index in [0.717, 1.165) is 29.8 Å². The van der Waals surface area contributed by atoms with E-state index in [0.29, 0.717) is 16.5 Å². The number of carbonyl (C=O) groups is 2. The number of benzene rings is 4. The molecule has 2 amide bonds. The number of carbonyl (C=O) groups excluding carboxylic acids is 2. The van der Waals surface area contributed by atoms with Crippen molar-refractivity contribution in [1.29, 1.82) is 0 Å². The number of phenols is 1. The Balaban J connectivity index is 0.000000248. The number of aromatic hydroxyl groups is 1. The molecule has 228 valence electrons. The van der Waals surface area contributed by atoms with Gasteiger partial charge in [-0.2, -0.15) is 0 Å². The molecular formula is C30H25BrF6N2O4. The quantitative estimate of drug-likeness (QED) is 0.153. The molecule has 0 aliphatic heterocycles. The Kier molecular flexibility index (Phi) is 12.6. The van der Waals surface area contributed by atoms with Crippen molar-refractivity contribution >= 4 is 27.7 Å². The van der Waals surface area contributed by atoms with Gasteiger partial charge in [-0.05, 0) is 54.8 Å². The standard InChI is InChI=1S/C15H12F3NO2.C8H8BrF.C7H5F2NO2/c1-8-3-2-4-9(13(8)17)7-21-11-6-5-10(16)12(14(11)18)15(19)20;1-6-3-2-4-7(5-9)8(6)10;8-3-1-2-4(11)6(9)5(3)7(10)12/h2-6H,7H2,1H3,(H2,19,20);2-4H,5H2,1H3;1-2,11H,(H2,10,12). The van der Waals surface area contributed by atoms with Crippen molar-refractivity contribution in [2.45, 2.75) is 25.8 Å². The molecule has 4 aromatic carbocycles. The number of nitrogens with two attached hydrogens (primary N) is 2. The minimum atomic E-state index is -1.33. The van der Waals surface area contributed by atoms with Gasteiger partial charge < -0.3 is 21.3 Å². The highest BCUT2D eigenvalue weighted by molar-refractivity contribution is 9.08. The number of hydrogen-bond donors (Lipinski definition) is 3. The van der Waals surface area contributed by atoms with Crippen molar-refractivity contribution < 1.29 is 45.8 Å². The summed E-state index contributed by atoms with van der Waals surface area (Å²) >= 11 is 3.20. The van der Waals surface area contributed by atoms with Crippen molar-refractivity contribution in [3.8, 4) is 11.5 Å². The highest BCUT2D eigenvalue weighted by atomic mass is 79.9. The SMILES string of the molecule is Cc1cccc(CBr)c1F.Cc1cccc(COc2ccc(F)c(C(N)=O)c2F)c1F.NC(=O)c1c(F)ccc(O)c1F. The first kappa shape index (κ1) is 34.7. The number of rotatable bonds is 6. The molecular weight excluding hydrogens is 646 g/mol. The van der Waals surface area contributed by atoms with Crippen molar-refractivity contribution in [2.24, 2.45) is 11.5 Å². The fourth-order valence-corrected chi connectivity index (χ4v) is 3.86. The average Bonchev–Trinajstić information content (AvgIpc) is 2.94. The van der Waals surface area contributed by atoms with Crippen molar-refractivity contribution in [3.63, 3.8) is 0 Å². The Labute approximate surface area is 251 Å². The zero-order valence-electron chi connectivity index (χ0n) is 22.7. The molecule has 0 heterocycles. The van der Waals surface area contributed by atoms with Gasteiger partial charge in [0.05, 0.1) is 0 Å². The highest BCUT2D eigenvalue weighted by Gasteiger charge is 2.20. The lowest BCUT2D eigenvalue weighted by atomic mass is 10.1. The molecule has 0 aliphatic carbocycles. The van der Waals surface area contributed by atoms with Crippen LogP contribution in [-0.2, 0) is 11.9 Å². The van der Waals surface area contributed by atoms with Gasteiger partial charge in [0.2, 0.25) is 0 Å². The van der Waals surface area contributed by atoms with Crippen LogP contribution in [0.1, 0.15) is 43.0 Å². The predicted octanol–water partition coefficient (Wildman–Crippen LogP) is 6.89. The van der Waals surface area contributed by atoms with Gasteiger partial charge in [-0.25, -0.2) is 26.3 Å². The number of aryl methyl sites for hydroxylation is 2. The van der Waals surface area contributed by atoms with Gasteiger partial charge >= 0.3 is 0 Å². The summed E-state index contributed by atoms with van der Waals surface area (Å²) in [6, 6.07) is 13.5. The summed E-state index contributed by atoms with van der Waals surface area (Å²) in [6.07, 6.45) is 0. The van der Waals surface area contributed by atoms with Gasteiger partial charge in [0.1, 0.15) is 41.0 Å². The number of primary amides is 2. The van der Waals surface area contributed by atoms with Crippen LogP contribution in [-0.4, -0.2) is 16.9 Å². The summed E-state index contributed by atoms with van der Waals surface area (Å²) in [4.78, 5) is 21.4. The topological polar surface area (TPSA) is 116 Å². The second-order valence-corrected chi connectivity index (χ2v) is 9.30. The molecule has 4 aromatic rings. The minimum Gasteiger partial charge on any atom is -0.505 e. The third-order valence-electron chi connectivity index (χ3n) is 5.69. The molecule has 5 N–H and O–H groups in total. The third-order valence-corrected chi connectivity index (χ3v) is 6.29. The lowest BCUT2D eigenvalue weighted by molar-refractivity contribution is 0.0982. The second-order valence-electron chi connectivity index (χ2n) is 8.74. The number of phenolic OH excluding ortho intramolecular Hbond substituents is 1. The third kappa shape index (κ3) is 8.98. The van der Waals surface area contributed by atoms with Crippen molar-refractivity contribution in [3.05, 3.63) is 129 Å². The molecule has 0 fully saturated rings. The molecule has 0 aliphatic rings.